The van der Waals surface area contributed by atoms with E-state index in [1.807, 2.05) is 31.2 Å². The summed E-state index contributed by atoms with van der Waals surface area (Å²) in [5, 5.41) is 3.38. The van der Waals surface area contributed by atoms with Gasteiger partial charge in [0.25, 0.3) is 5.91 Å². The molecule has 2 aromatic rings. The second-order valence-corrected chi connectivity index (χ2v) is 5.89. The zero-order chi connectivity index (χ0) is 15.4. The summed E-state index contributed by atoms with van der Waals surface area (Å²) in [7, 11) is 1.64. The highest BCUT2D eigenvalue weighted by molar-refractivity contribution is 7.17. The molecule has 0 aliphatic carbocycles. The Balaban J connectivity index is 2.03. The minimum Gasteiger partial charge on any atom is -0.496 e. The van der Waals surface area contributed by atoms with E-state index in [1.54, 1.807) is 14.0 Å². The Kier molecular flexibility index (Phi) is 4.80. The van der Waals surface area contributed by atoms with Gasteiger partial charge in [-0.2, -0.15) is 0 Å². The van der Waals surface area contributed by atoms with Gasteiger partial charge in [0.05, 0.1) is 12.8 Å². The molecular weight excluding hydrogens is 286 g/mol. The highest BCUT2D eigenvalue weighted by Crippen LogP contribution is 2.21. The molecule has 0 aliphatic heterocycles. The molecule has 1 atom stereocenters. The van der Waals surface area contributed by atoms with Crippen molar-refractivity contribution < 1.29 is 9.53 Å². The summed E-state index contributed by atoms with van der Waals surface area (Å²) in [4.78, 5) is 16.8. The van der Waals surface area contributed by atoms with Gasteiger partial charge >= 0.3 is 0 Å². The highest BCUT2D eigenvalue weighted by Gasteiger charge is 2.17. The molecule has 6 heteroatoms. The Hall–Kier alpha value is -2.08. The summed E-state index contributed by atoms with van der Waals surface area (Å²) < 4.78 is 5.32. The van der Waals surface area contributed by atoms with E-state index in [9.17, 15) is 4.79 Å². The number of carbonyl (C=O) groups excluding carboxylic acids is 1. The van der Waals surface area contributed by atoms with Crippen molar-refractivity contribution in [2.45, 2.75) is 26.3 Å². The summed E-state index contributed by atoms with van der Waals surface area (Å²) in [6, 6.07) is 7.78. The summed E-state index contributed by atoms with van der Waals surface area (Å²) in [6.45, 7) is 3.75. The van der Waals surface area contributed by atoms with E-state index in [0.717, 1.165) is 11.3 Å². The van der Waals surface area contributed by atoms with Crippen LogP contribution >= 0.6 is 11.3 Å². The number of hydrogen-bond donors (Lipinski definition) is 2. The van der Waals surface area contributed by atoms with E-state index < -0.39 is 0 Å². The topological polar surface area (TPSA) is 77.2 Å². The number of nitrogens with one attached hydrogen (secondary N) is 1. The van der Waals surface area contributed by atoms with Crippen LogP contribution in [0.3, 0.4) is 0 Å². The molecule has 1 aromatic carbocycles. The standard InChI is InChI=1S/C15H19N3O2S/c1-9(8-11-6-4-5-7-12(11)20-3)17-14(19)13-10(2)18-15(16)21-13/h4-7,9H,8H2,1-3H3,(H2,16,18)(H,17,19). The van der Waals surface area contributed by atoms with Crippen LogP contribution < -0.4 is 15.8 Å². The minimum absolute atomic E-state index is 0.0171. The molecule has 0 aliphatic rings. The fourth-order valence-corrected chi connectivity index (χ4v) is 2.91. The van der Waals surface area contributed by atoms with Gasteiger partial charge in [0, 0.05) is 6.04 Å². The zero-order valence-corrected chi connectivity index (χ0v) is 13.2. The van der Waals surface area contributed by atoms with Gasteiger partial charge < -0.3 is 15.8 Å². The first-order valence-corrected chi connectivity index (χ1v) is 7.48. The number of anilines is 1. The Morgan fingerprint density at radius 3 is 2.81 bits per heavy atom. The lowest BCUT2D eigenvalue weighted by Crippen LogP contribution is -2.34. The summed E-state index contributed by atoms with van der Waals surface area (Å²) >= 11 is 1.21. The van der Waals surface area contributed by atoms with Crippen LogP contribution in [0.1, 0.15) is 27.9 Å². The number of thiazole rings is 1. The highest BCUT2D eigenvalue weighted by atomic mass is 32.1. The monoisotopic (exact) mass is 305 g/mol. The van der Waals surface area contributed by atoms with Crippen LogP contribution in [0, 0.1) is 6.92 Å². The van der Waals surface area contributed by atoms with Crippen LogP contribution in [0.15, 0.2) is 24.3 Å². The van der Waals surface area contributed by atoms with Crippen LogP contribution in [0.5, 0.6) is 5.75 Å². The largest absolute Gasteiger partial charge is 0.496 e. The molecule has 112 valence electrons. The van der Waals surface area contributed by atoms with Gasteiger partial charge in [-0.05, 0) is 31.9 Å². The third-order valence-electron chi connectivity index (χ3n) is 3.12. The Morgan fingerprint density at radius 1 is 1.48 bits per heavy atom. The lowest BCUT2D eigenvalue weighted by atomic mass is 10.1. The van der Waals surface area contributed by atoms with Crippen molar-refractivity contribution in [3.8, 4) is 5.75 Å². The molecule has 0 spiro atoms. The average molecular weight is 305 g/mol. The van der Waals surface area contributed by atoms with Gasteiger partial charge in [-0.25, -0.2) is 4.98 Å². The fraction of sp³-hybridized carbons (Fsp3) is 0.333. The number of para-hydroxylation sites is 1. The number of rotatable bonds is 5. The second-order valence-electron chi connectivity index (χ2n) is 4.86. The van der Waals surface area contributed by atoms with Crippen molar-refractivity contribution in [2.24, 2.45) is 0 Å². The van der Waals surface area contributed by atoms with Gasteiger partial charge in [0.1, 0.15) is 10.6 Å². The fourth-order valence-electron chi connectivity index (χ4n) is 2.17. The molecule has 0 saturated carbocycles. The SMILES string of the molecule is COc1ccccc1CC(C)NC(=O)c1sc(N)nc1C. The number of methoxy groups -OCH3 is 1. The molecule has 1 heterocycles. The Bertz CT molecular complexity index is 640. The molecule has 2 rings (SSSR count). The molecule has 1 amide bonds. The third kappa shape index (κ3) is 3.72. The van der Waals surface area contributed by atoms with Crippen LogP contribution in [-0.2, 0) is 6.42 Å². The van der Waals surface area contributed by atoms with E-state index in [2.05, 4.69) is 10.3 Å². The number of benzene rings is 1. The van der Waals surface area contributed by atoms with Crippen molar-refractivity contribution in [3.63, 3.8) is 0 Å². The molecule has 0 saturated heterocycles. The first-order chi connectivity index (χ1) is 10.0. The van der Waals surface area contributed by atoms with Gasteiger partial charge in [-0.15, -0.1) is 0 Å². The molecular formula is C15H19N3O2S. The summed E-state index contributed by atoms with van der Waals surface area (Å²) in [5.41, 5.74) is 7.35. The number of nitrogens with two attached hydrogens (primary N) is 1. The smallest absolute Gasteiger partial charge is 0.263 e. The number of nitrogen functional groups attached to an aromatic ring is 1. The van der Waals surface area contributed by atoms with Crippen molar-refractivity contribution >= 4 is 22.4 Å². The molecule has 3 N–H and O–H groups in total. The quantitative estimate of drug-likeness (QED) is 0.889. The average Bonchev–Trinajstić information content (AvgIpc) is 2.78. The Morgan fingerprint density at radius 2 is 2.19 bits per heavy atom. The van der Waals surface area contributed by atoms with Crippen LogP contribution in [0.2, 0.25) is 0 Å². The molecule has 0 bridgehead atoms. The zero-order valence-electron chi connectivity index (χ0n) is 12.3. The van der Waals surface area contributed by atoms with Crippen molar-refractivity contribution in [1.29, 1.82) is 0 Å². The van der Waals surface area contributed by atoms with E-state index in [0.29, 0.717) is 22.1 Å². The van der Waals surface area contributed by atoms with E-state index in [4.69, 9.17) is 10.5 Å². The summed E-state index contributed by atoms with van der Waals surface area (Å²) in [5.74, 6) is 0.695. The lowest BCUT2D eigenvalue weighted by molar-refractivity contribution is 0.0943. The maximum absolute atomic E-state index is 12.2. The maximum atomic E-state index is 12.2. The van der Waals surface area contributed by atoms with Gasteiger partial charge in [-0.1, -0.05) is 29.5 Å². The Labute approximate surface area is 128 Å². The first kappa shape index (κ1) is 15.3. The number of carbonyl (C=O) groups is 1. The lowest BCUT2D eigenvalue weighted by Gasteiger charge is -2.15. The van der Waals surface area contributed by atoms with Gasteiger partial charge in [-0.3, -0.25) is 4.79 Å². The molecule has 21 heavy (non-hydrogen) atoms. The number of aryl methyl sites for hydroxylation is 1. The minimum atomic E-state index is -0.135. The van der Waals surface area contributed by atoms with Crippen LogP contribution in [-0.4, -0.2) is 24.0 Å². The van der Waals surface area contributed by atoms with Crippen molar-refractivity contribution in [3.05, 3.63) is 40.4 Å². The van der Waals surface area contributed by atoms with Crippen LogP contribution in [0.25, 0.3) is 0 Å². The molecule has 1 aromatic heterocycles. The molecule has 0 fully saturated rings. The van der Waals surface area contributed by atoms with E-state index in [-0.39, 0.29) is 11.9 Å². The predicted octanol–water partition coefficient (Wildman–Crippen LogP) is 2.40. The predicted molar refractivity (Wildman–Crippen MR) is 84.9 cm³/mol. The van der Waals surface area contributed by atoms with Crippen molar-refractivity contribution in [2.75, 3.05) is 12.8 Å². The van der Waals surface area contributed by atoms with Gasteiger partial charge in [0.2, 0.25) is 0 Å². The second kappa shape index (κ2) is 6.58. The van der Waals surface area contributed by atoms with Gasteiger partial charge in [0.15, 0.2) is 5.13 Å². The number of aromatic nitrogens is 1. The van der Waals surface area contributed by atoms with Crippen molar-refractivity contribution in [1.82, 2.24) is 10.3 Å². The van der Waals surface area contributed by atoms with E-state index >= 15 is 0 Å². The molecule has 5 nitrogen and oxygen atoms in total. The maximum Gasteiger partial charge on any atom is 0.263 e. The van der Waals surface area contributed by atoms with E-state index in [1.165, 1.54) is 11.3 Å². The number of hydrogen-bond acceptors (Lipinski definition) is 5. The first-order valence-electron chi connectivity index (χ1n) is 6.67. The van der Waals surface area contributed by atoms with Crippen LogP contribution in [0.4, 0.5) is 5.13 Å². The number of ether oxygens (including phenoxy) is 1. The number of amides is 1. The molecule has 0 radical (unpaired) electrons. The number of nitrogens with zero attached hydrogens (tertiary/aromatic N) is 1. The molecule has 1 unspecified atom stereocenters. The summed E-state index contributed by atoms with van der Waals surface area (Å²) in [6.07, 6.45) is 0.698. The third-order valence-corrected chi connectivity index (χ3v) is 4.10. The normalized spacial score (nSPS) is 12.0.